The third kappa shape index (κ3) is 4.12. The number of alkyl halides is 4. The Morgan fingerprint density at radius 3 is 2.36 bits per heavy atom. The van der Waals surface area contributed by atoms with Crippen molar-refractivity contribution < 1.29 is 32.2 Å². The van der Waals surface area contributed by atoms with Crippen LogP contribution in [0.1, 0.15) is 32.6 Å². The molecule has 0 saturated heterocycles. The van der Waals surface area contributed by atoms with E-state index in [2.05, 4.69) is 0 Å². The molecule has 0 amide bonds. The molecule has 1 N–H and O–H groups in total. The van der Waals surface area contributed by atoms with Gasteiger partial charge in [0.2, 0.25) is 0 Å². The minimum atomic E-state index is -4.95. The van der Waals surface area contributed by atoms with Crippen molar-refractivity contribution in [1.82, 2.24) is 4.57 Å². The van der Waals surface area contributed by atoms with E-state index in [0.29, 0.717) is 5.39 Å². The van der Waals surface area contributed by atoms with Gasteiger partial charge in [-0.15, -0.1) is 0 Å². The molecule has 0 radical (unpaired) electrons. The Labute approximate surface area is 142 Å². The van der Waals surface area contributed by atoms with E-state index in [-0.39, 0.29) is 5.52 Å². The molecule has 2 unspecified atom stereocenters. The van der Waals surface area contributed by atoms with Gasteiger partial charge >= 0.3 is 12.3 Å². The lowest BCUT2D eigenvalue weighted by Gasteiger charge is -2.24. The molecule has 1 aromatic carbocycles. The Morgan fingerprint density at radius 1 is 1.24 bits per heavy atom. The molecule has 0 aliphatic heterocycles. The zero-order valence-corrected chi connectivity index (χ0v) is 14.0. The Bertz CT molecular complexity index is 761. The number of fused-ring (bicyclic) bond motifs is 1. The number of halogens is 4. The summed E-state index contributed by atoms with van der Waals surface area (Å²) >= 11 is 0. The second-order valence-corrected chi connectivity index (χ2v) is 6.68. The number of aliphatic hydroxyl groups excluding tert-OH is 1. The number of ether oxygens (including phenoxy) is 1. The van der Waals surface area contributed by atoms with Crippen LogP contribution in [0.2, 0.25) is 0 Å². The Morgan fingerprint density at radius 2 is 1.84 bits per heavy atom. The molecule has 0 saturated carbocycles. The van der Waals surface area contributed by atoms with Crippen LogP contribution in [0, 0.1) is 5.92 Å². The first-order valence-corrected chi connectivity index (χ1v) is 7.61. The number of aliphatic hydroxyl groups is 1. The summed E-state index contributed by atoms with van der Waals surface area (Å²) in [5, 5.41) is 9.39. The fourth-order valence-corrected chi connectivity index (χ4v) is 2.46. The lowest BCUT2D eigenvalue weighted by Crippen LogP contribution is -2.33. The van der Waals surface area contributed by atoms with Crippen LogP contribution in [-0.4, -0.2) is 34.2 Å². The molecule has 1 aromatic heterocycles. The van der Waals surface area contributed by atoms with Crippen molar-refractivity contribution in [3.63, 3.8) is 0 Å². The van der Waals surface area contributed by atoms with Crippen LogP contribution < -0.4 is 0 Å². The number of aromatic nitrogens is 1. The number of carbonyl (C=O) groups is 1. The van der Waals surface area contributed by atoms with Crippen LogP contribution in [0.3, 0.4) is 0 Å². The van der Waals surface area contributed by atoms with Crippen LogP contribution >= 0.6 is 0 Å². The minimum absolute atomic E-state index is 0.230. The van der Waals surface area contributed by atoms with Gasteiger partial charge in [-0.3, -0.25) is 0 Å². The highest BCUT2D eigenvalue weighted by Gasteiger charge is 2.47. The zero-order chi connectivity index (χ0) is 19.0. The SMILES string of the molecule is CC(C)(C)OC(=O)n1c(C(F)C(CO)C(F)(F)F)cc2ccccc21. The average Bonchev–Trinajstić information content (AvgIpc) is 2.83. The summed E-state index contributed by atoms with van der Waals surface area (Å²) in [6, 6.07) is 7.39. The normalized spacial score (nSPS) is 15.2. The number of hydrogen-bond acceptors (Lipinski definition) is 3. The standard InChI is InChI=1S/C17H19F4NO3/c1-16(2,3)25-15(24)22-12-7-5-4-6-10(12)8-13(22)14(18)11(9-23)17(19,20)21/h4-8,11,14,23H,9H2,1-3H3. The fraction of sp³-hybridized carbons (Fsp3) is 0.471. The van der Waals surface area contributed by atoms with Gasteiger partial charge < -0.3 is 9.84 Å². The molecule has 1 heterocycles. The Kier molecular flexibility index (Phi) is 5.13. The van der Waals surface area contributed by atoms with Crippen molar-refractivity contribution in [2.45, 2.75) is 38.7 Å². The molecule has 0 spiro atoms. The number of nitrogens with zero attached hydrogens (tertiary/aromatic N) is 1. The molecule has 2 atom stereocenters. The van der Waals surface area contributed by atoms with E-state index < -0.39 is 42.3 Å². The highest BCUT2D eigenvalue weighted by atomic mass is 19.4. The van der Waals surface area contributed by atoms with Gasteiger partial charge in [0.05, 0.1) is 17.8 Å². The van der Waals surface area contributed by atoms with E-state index in [1.165, 1.54) is 12.1 Å². The summed E-state index contributed by atoms with van der Waals surface area (Å²) in [4.78, 5) is 12.5. The molecule has 138 valence electrons. The summed E-state index contributed by atoms with van der Waals surface area (Å²) in [7, 11) is 0. The third-order valence-corrected chi connectivity index (χ3v) is 3.57. The number of benzene rings is 1. The van der Waals surface area contributed by atoms with Crippen molar-refractivity contribution >= 4 is 17.0 Å². The second kappa shape index (κ2) is 6.67. The smallest absolute Gasteiger partial charge is 0.419 e. The first kappa shape index (κ1) is 19.2. The fourth-order valence-electron chi connectivity index (χ4n) is 2.46. The van der Waals surface area contributed by atoms with Gasteiger partial charge in [0.15, 0.2) is 6.17 Å². The molecular formula is C17H19F4NO3. The van der Waals surface area contributed by atoms with Crippen LogP contribution in [0.15, 0.2) is 30.3 Å². The highest BCUT2D eigenvalue weighted by molar-refractivity contribution is 5.91. The van der Waals surface area contributed by atoms with Gasteiger partial charge in [-0.1, -0.05) is 18.2 Å². The quantitative estimate of drug-likeness (QED) is 0.813. The van der Waals surface area contributed by atoms with E-state index in [1.807, 2.05) is 0 Å². The van der Waals surface area contributed by atoms with Gasteiger partial charge in [0.25, 0.3) is 0 Å². The number of carbonyl (C=O) groups excluding carboxylic acids is 1. The van der Waals surface area contributed by atoms with Crippen LogP contribution in [0.4, 0.5) is 22.4 Å². The van der Waals surface area contributed by atoms with E-state index in [0.717, 1.165) is 4.57 Å². The molecule has 0 fully saturated rings. The molecule has 25 heavy (non-hydrogen) atoms. The lowest BCUT2D eigenvalue weighted by molar-refractivity contribution is -0.201. The van der Waals surface area contributed by atoms with Crippen LogP contribution in [-0.2, 0) is 4.74 Å². The van der Waals surface area contributed by atoms with E-state index in [9.17, 15) is 22.4 Å². The lowest BCUT2D eigenvalue weighted by atomic mass is 10.0. The largest absolute Gasteiger partial charge is 0.443 e. The molecule has 2 rings (SSSR count). The predicted octanol–water partition coefficient (Wildman–Crippen LogP) is 4.61. The van der Waals surface area contributed by atoms with E-state index in [4.69, 9.17) is 9.84 Å². The average molecular weight is 361 g/mol. The summed E-state index contributed by atoms with van der Waals surface area (Å²) < 4.78 is 59.6. The van der Waals surface area contributed by atoms with Gasteiger partial charge in [-0.05, 0) is 32.9 Å². The van der Waals surface area contributed by atoms with Gasteiger partial charge in [-0.2, -0.15) is 13.2 Å². The van der Waals surface area contributed by atoms with Crippen molar-refractivity contribution in [1.29, 1.82) is 0 Å². The molecule has 2 aromatic rings. The maximum atomic E-state index is 14.7. The van der Waals surface area contributed by atoms with Gasteiger partial charge in [-0.25, -0.2) is 13.8 Å². The number of rotatable bonds is 3. The van der Waals surface area contributed by atoms with Gasteiger partial charge in [0, 0.05) is 5.39 Å². The van der Waals surface area contributed by atoms with Crippen LogP contribution in [0.5, 0.6) is 0 Å². The molecule has 8 heteroatoms. The topological polar surface area (TPSA) is 51.5 Å². The van der Waals surface area contributed by atoms with Crippen molar-refractivity contribution in [2.24, 2.45) is 5.92 Å². The first-order chi connectivity index (χ1) is 11.5. The molecule has 4 nitrogen and oxygen atoms in total. The summed E-state index contributed by atoms with van der Waals surface area (Å²) in [5.74, 6) is -2.64. The summed E-state index contributed by atoms with van der Waals surface area (Å²) in [6.45, 7) is 3.35. The maximum absolute atomic E-state index is 14.7. The van der Waals surface area contributed by atoms with Crippen LogP contribution in [0.25, 0.3) is 10.9 Å². The monoisotopic (exact) mass is 361 g/mol. The molecular weight excluding hydrogens is 342 g/mol. The number of para-hydroxylation sites is 1. The predicted molar refractivity (Wildman–Crippen MR) is 84.0 cm³/mol. The summed E-state index contributed by atoms with van der Waals surface area (Å²) in [5.41, 5.74) is -1.19. The zero-order valence-electron chi connectivity index (χ0n) is 14.0. The van der Waals surface area contributed by atoms with E-state index in [1.54, 1.807) is 39.0 Å². The second-order valence-electron chi connectivity index (χ2n) is 6.68. The molecule has 0 aliphatic rings. The Balaban J connectivity index is 2.59. The van der Waals surface area contributed by atoms with Gasteiger partial charge in [0.1, 0.15) is 11.5 Å². The van der Waals surface area contributed by atoms with Crippen molar-refractivity contribution in [3.05, 3.63) is 36.0 Å². The molecule has 0 bridgehead atoms. The first-order valence-electron chi connectivity index (χ1n) is 7.61. The highest BCUT2D eigenvalue weighted by Crippen LogP contribution is 2.40. The van der Waals surface area contributed by atoms with Crippen molar-refractivity contribution in [2.75, 3.05) is 6.61 Å². The van der Waals surface area contributed by atoms with Crippen molar-refractivity contribution in [3.8, 4) is 0 Å². The Hall–Kier alpha value is -2.09. The molecule has 0 aliphatic carbocycles. The third-order valence-electron chi connectivity index (χ3n) is 3.57. The van der Waals surface area contributed by atoms with E-state index >= 15 is 0 Å². The minimum Gasteiger partial charge on any atom is -0.443 e. The summed E-state index contributed by atoms with van der Waals surface area (Å²) in [6.07, 6.45) is -8.56. The number of hydrogen-bond donors (Lipinski definition) is 1. The maximum Gasteiger partial charge on any atom is 0.419 e.